The van der Waals surface area contributed by atoms with Gasteiger partial charge >= 0.3 is 5.97 Å². The Bertz CT molecular complexity index is 289. The predicted molar refractivity (Wildman–Crippen MR) is 58.2 cm³/mol. The number of carbonyl (C=O) groups is 2. The fraction of sp³-hybridized carbons (Fsp3) is 0.778. The van der Waals surface area contributed by atoms with Gasteiger partial charge in [0.1, 0.15) is 0 Å². The van der Waals surface area contributed by atoms with Gasteiger partial charge in [0, 0.05) is 13.0 Å². The standard InChI is InChI=1S/C9H14F2N2O3.ClH/c1-16-7(14)2-3-12-8(15)6-4-9(10,11)5-13-6;/h6,13H,2-5H2,1H3,(H,12,15);1H. The Labute approximate surface area is 104 Å². The van der Waals surface area contributed by atoms with Crippen LogP contribution in [0.3, 0.4) is 0 Å². The van der Waals surface area contributed by atoms with E-state index in [4.69, 9.17) is 0 Å². The fourth-order valence-corrected chi connectivity index (χ4v) is 1.41. The smallest absolute Gasteiger partial charge is 0.307 e. The van der Waals surface area contributed by atoms with Gasteiger partial charge in [0.15, 0.2) is 0 Å². The summed E-state index contributed by atoms with van der Waals surface area (Å²) in [6.45, 7) is -0.392. The zero-order valence-electron chi connectivity index (χ0n) is 9.29. The van der Waals surface area contributed by atoms with Crippen LogP contribution in [0.1, 0.15) is 12.8 Å². The van der Waals surface area contributed by atoms with Crippen LogP contribution in [0.4, 0.5) is 8.78 Å². The van der Waals surface area contributed by atoms with E-state index in [1.54, 1.807) is 0 Å². The van der Waals surface area contributed by atoms with Gasteiger partial charge in [-0.25, -0.2) is 8.78 Å². The van der Waals surface area contributed by atoms with Crippen molar-refractivity contribution in [2.45, 2.75) is 24.8 Å². The van der Waals surface area contributed by atoms with E-state index in [-0.39, 0.29) is 25.4 Å². The summed E-state index contributed by atoms with van der Waals surface area (Å²) in [5.74, 6) is -3.80. The van der Waals surface area contributed by atoms with Crippen LogP contribution in [0.25, 0.3) is 0 Å². The Balaban J connectivity index is 0.00000256. The molecule has 17 heavy (non-hydrogen) atoms. The van der Waals surface area contributed by atoms with Gasteiger partial charge in [0.05, 0.1) is 26.1 Å². The molecule has 1 rings (SSSR count). The van der Waals surface area contributed by atoms with Crippen LogP contribution in [-0.2, 0) is 14.3 Å². The van der Waals surface area contributed by atoms with Crippen LogP contribution < -0.4 is 10.6 Å². The molecule has 1 unspecified atom stereocenters. The maximum atomic E-state index is 12.7. The van der Waals surface area contributed by atoms with Crippen molar-refractivity contribution < 1.29 is 23.1 Å². The number of hydrogen-bond donors (Lipinski definition) is 2. The SMILES string of the molecule is COC(=O)CCNC(=O)C1CC(F)(F)CN1.Cl. The Morgan fingerprint density at radius 3 is 2.65 bits per heavy atom. The summed E-state index contributed by atoms with van der Waals surface area (Å²) in [5, 5.41) is 4.81. The maximum absolute atomic E-state index is 12.7. The number of amides is 1. The molecule has 8 heteroatoms. The number of methoxy groups -OCH3 is 1. The molecule has 0 bridgehead atoms. The van der Waals surface area contributed by atoms with Crippen molar-refractivity contribution in [3.8, 4) is 0 Å². The Morgan fingerprint density at radius 2 is 2.18 bits per heavy atom. The number of carbonyl (C=O) groups excluding carboxylic acids is 2. The average molecular weight is 273 g/mol. The summed E-state index contributed by atoms with van der Waals surface area (Å²) in [7, 11) is 1.24. The molecule has 0 aliphatic carbocycles. The van der Waals surface area contributed by atoms with Crippen molar-refractivity contribution in [3.05, 3.63) is 0 Å². The van der Waals surface area contributed by atoms with Crippen LogP contribution in [0, 0.1) is 0 Å². The highest BCUT2D eigenvalue weighted by atomic mass is 35.5. The third-order valence-corrected chi connectivity index (χ3v) is 2.28. The van der Waals surface area contributed by atoms with Crippen molar-refractivity contribution in [2.75, 3.05) is 20.2 Å². The average Bonchev–Trinajstić information content (AvgIpc) is 2.58. The van der Waals surface area contributed by atoms with E-state index in [1.807, 2.05) is 0 Å². The van der Waals surface area contributed by atoms with Crippen molar-refractivity contribution in [2.24, 2.45) is 0 Å². The lowest BCUT2D eigenvalue weighted by Crippen LogP contribution is -2.41. The molecule has 1 heterocycles. The molecule has 5 nitrogen and oxygen atoms in total. The first-order valence-corrected chi connectivity index (χ1v) is 4.90. The quantitative estimate of drug-likeness (QED) is 0.712. The van der Waals surface area contributed by atoms with Crippen LogP contribution >= 0.6 is 12.4 Å². The Hall–Kier alpha value is -0.950. The van der Waals surface area contributed by atoms with Gasteiger partial charge in [-0.15, -0.1) is 12.4 Å². The second kappa shape index (κ2) is 6.70. The first-order chi connectivity index (χ1) is 7.44. The summed E-state index contributed by atoms with van der Waals surface area (Å²) < 4.78 is 29.9. The third kappa shape index (κ3) is 5.27. The summed E-state index contributed by atoms with van der Waals surface area (Å²) in [6, 6.07) is -0.882. The zero-order chi connectivity index (χ0) is 12.2. The number of alkyl halides is 2. The predicted octanol–water partition coefficient (Wildman–Crippen LogP) is 0.0847. The molecular formula is C9H15ClF2N2O3. The number of esters is 1. The van der Waals surface area contributed by atoms with E-state index in [9.17, 15) is 18.4 Å². The Kier molecular flexibility index (Phi) is 6.33. The number of ether oxygens (including phenoxy) is 1. The molecule has 0 radical (unpaired) electrons. The van der Waals surface area contributed by atoms with Gasteiger partial charge in [0.2, 0.25) is 5.91 Å². The number of halogens is 3. The molecule has 0 aromatic rings. The number of hydrogen-bond acceptors (Lipinski definition) is 4. The van der Waals surface area contributed by atoms with Crippen LogP contribution in [-0.4, -0.2) is 44.0 Å². The molecule has 1 atom stereocenters. The molecule has 100 valence electrons. The molecular weight excluding hydrogens is 258 g/mol. The maximum Gasteiger partial charge on any atom is 0.307 e. The van der Waals surface area contributed by atoms with Crippen LogP contribution in [0.5, 0.6) is 0 Å². The summed E-state index contributed by atoms with van der Waals surface area (Å²) in [6.07, 6.45) is -0.470. The van der Waals surface area contributed by atoms with Crippen LogP contribution in [0.15, 0.2) is 0 Å². The van der Waals surface area contributed by atoms with Crippen molar-refractivity contribution in [1.29, 1.82) is 0 Å². The summed E-state index contributed by atoms with van der Waals surface area (Å²) >= 11 is 0. The number of rotatable bonds is 4. The normalized spacial score (nSPS) is 21.5. The minimum absolute atomic E-state index is 0. The van der Waals surface area contributed by atoms with Crippen molar-refractivity contribution in [1.82, 2.24) is 10.6 Å². The summed E-state index contributed by atoms with van der Waals surface area (Å²) in [5.41, 5.74) is 0. The fourth-order valence-electron chi connectivity index (χ4n) is 1.41. The molecule has 1 fully saturated rings. The minimum Gasteiger partial charge on any atom is -0.469 e. The lowest BCUT2D eigenvalue weighted by molar-refractivity contribution is -0.140. The van der Waals surface area contributed by atoms with Gasteiger partial charge in [-0.1, -0.05) is 0 Å². The molecule has 0 saturated carbocycles. The van der Waals surface area contributed by atoms with E-state index >= 15 is 0 Å². The van der Waals surface area contributed by atoms with Gasteiger partial charge in [-0.2, -0.15) is 0 Å². The van der Waals surface area contributed by atoms with Crippen molar-refractivity contribution in [3.63, 3.8) is 0 Å². The van der Waals surface area contributed by atoms with Gasteiger partial charge in [-0.3, -0.25) is 14.9 Å². The summed E-state index contributed by atoms with van der Waals surface area (Å²) in [4.78, 5) is 22.1. The topological polar surface area (TPSA) is 67.4 Å². The molecule has 1 saturated heterocycles. The largest absolute Gasteiger partial charge is 0.469 e. The molecule has 1 amide bonds. The molecule has 0 aromatic carbocycles. The minimum atomic E-state index is -2.83. The van der Waals surface area contributed by atoms with Gasteiger partial charge in [-0.05, 0) is 0 Å². The Morgan fingerprint density at radius 1 is 1.53 bits per heavy atom. The molecule has 1 aliphatic heterocycles. The van der Waals surface area contributed by atoms with E-state index in [2.05, 4.69) is 15.4 Å². The van der Waals surface area contributed by atoms with Gasteiger partial charge < -0.3 is 10.1 Å². The van der Waals surface area contributed by atoms with E-state index < -0.39 is 36.8 Å². The van der Waals surface area contributed by atoms with E-state index in [1.165, 1.54) is 7.11 Å². The lowest BCUT2D eigenvalue weighted by atomic mass is 10.2. The first kappa shape index (κ1) is 16.1. The highest BCUT2D eigenvalue weighted by Gasteiger charge is 2.42. The second-order valence-electron chi connectivity index (χ2n) is 3.61. The molecule has 0 aromatic heterocycles. The molecule has 2 N–H and O–H groups in total. The zero-order valence-corrected chi connectivity index (χ0v) is 10.1. The van der Waals surface area contributed by atoms with E-state index in [0.29, 0.717) is 0 Å². The van der Waals surface area contributed by atoms with E-state index in [0.717, 1.165) is 0 Å². The lowest BCUT2D eigenvalue weighted by Gasteiger charge is -2.10. The molecule has 0 spiro atoms. The first-order valence-electron chi connectivity index (χ1n) is 4.90. The highest BCUT2D eigenvalue weighted by Crippen LogP contribution is 2.24. The third-order valence-electron chi connectivity index (χ3n) is 2.28. The van der Waals surface area contributed by atoms with Crippen LogP contribution in [0.2, 0.25) is 0 Å². The molecule has 1 aliphatic rings. The highest BCUT2D eigenvalue weighted by molar-refractivity contribution is 5.85. The number of nitrogens with one attached hydrogen (secondary N) is 2. The monoisotopic (exact) mass is 272 g/mol. The van der Waals surface area contributed by atoms with Gasteiger partial charge in [0.25, 0.3) is 5.92 Å². The second-order valence-corrected chi connectivity index (χ2v) is 3.61. The van der Waals surface area contributed by atoms with Crippen molar-refractivity contribution >= 4 is 24.3 Å².